The van der Waals surface area contributed by atoms with Gasteiger partial charge in [0.1, 0.15) is 5.78 Å². The average molecular weight is 430 g/mol. The summed E-state index contributed by atoms with van der Waals surface area (Å²) in [5, 5.41) is 2.16. The second-order valence-electron chi connectivity index (χ2n) is 9.32. The Balaban J connectivity index is 1.22. The predicted octanol–water partition coefficient (Wildman–Crippen LogP) is 3.61. The quantitative estimate of drug-likeness (QED) is 0.617. The number of aromatic nitrogens is 3. The van der Waals surface area contributed by atoms with Gasteiger partial charge in [0.25, 0.3) is 0 Å². The summed E-state index contributed by atoms with van der Waals surface area (Å²) in [4.78, 5) is 31.2. The molecular formula is C26H31N5O. The molecule has 1 aromatic carbocycles. The Kier molecular flexibility index (Phi) is 6.23. The molecule has 1 saturated carbocycles. The molecule has 1 aliphatic heterocycles. The molecule has 1 aliphatic carbocycles. The van der Waals surface area contributed by atoms with Crippen molar-refractivity contribution in [2.24, 2.45) is 5.92 Å². The number of pyridine rings is 1. The largest absolute Gasteiger partial charge is 0.304 e. The van der Waals surface area contributed by atoms with Crippen molar-refractivity contribution in [2.75, 3.05) is 33.2 Å². The van der Waals surface area contributed by atoms with Crippen LogP contribution in [0.4, 0.5) is 0 Å². The zero-order valence-corrected chi connectivity index (χ0v) is 18.8. The van der Waals surface area contributed by atoms with Gasteiger partial charge in [-0.3, -0.25) is 24.6 Å². The van der Waals surface area contributed by atoms with Crippen molar-refractivity contribution in [1.82, 2.24) is 24.8 Å². The third-order valence-electron chi connectivity index (χ3n) is 7.20. The highest BCUT2D eigenvalue weighted by atomic mass is 16.1. The van der Waals surface area contributed by atoms with Crippen LogP contribution in [0.15, 0.2) is 49.1 Å². The van der Waals surface area contributed by atoms with Crippen LogP contribution in [-0.2, 0) is 11.2 Å². The first-order chi connectivity index (χ1) is 15.7. The van der Waals surface area contributed by atoms with Gasteiger partial charge in [-0.25, -0.2) is 0 Å². The van der Waals surface area contributed by atoms with Gasteiger partial charge in [-0.2, -0.15) is 0 Å². The van der Waals surface area contributed by atoms with Crippen molar-refractivity contribution in [1.29, 1.82) is 0 Å². The standard InChI is InChI=1S/C26H31N5O/c1-30-10-12-31(13-11-30)24-6-4-19(5-7-24)26(32)16-23-15-22-14-20(2-3-21(22)17-29-23)25-18-27-8-9-28-25/h2-3,8-9,14-15,17-19,24H,4-7,10-13,16H2,1H3. The lowest BCUT2D eigenvalue weighted by Crippen LogP contribution is -2.50. The molecule has 0 spiro atoms. The fraction of sp³-hybridized carbons (Fsp3) is 0.462. The highest BCUT2D eigenvalue weighted by Crippen LogP contribution is 2.30. The summed E-state index contributed by atoms with van der Waals surface area (Å²) in [6, 6.07) is 8.92. The first-order valence-corrected chi connectivity index (χ1v) is 11.8. The molecule has 166 valence electrons. The van der Waals surface area contributed by atoms with E-state index in [9.17, 15) is 4.79 Å². The minimum atomic E-state index is 0.183. The minimum Gasteiger partial charge on any atom is -0.304 e. The van der Waals surface area contributed by atoms with Crippen molar-refractivity contribution in [2.45, 2.75) is 38.1 Å². The number of rotatable bonds is 5. The Bertz CT molecular complexity index is 1070. The molecule has 2 fully saturated rings. The normalized spacial score (nSPS) is 22.8. The molecule has 0 unspecified atom stereocenters. The second-order valence-corrected chi connectivity index (χ2v) is 9.32. The average Bonchev–Trinajstić information content (AvgIpc) is 2.85. The highest BCUT2D eigenvalue weighted by Gasteiger charge is 2.30. The van der Waals surface area contributed by atoms with Gasteiger partial charge in [0, 0.05) is 79.8 Å². The van der Waals surface area contributed by atoms with Gasteiger partial charge in [0.15, 0.2) is 0 Å². The second kappa shape index (κ2) is 9.43. The Morgan fingerprint density at radius 2 is 1.75 bits per heavy atom. The van der Waals surface area contributed by atoms with Gasteiger partial charge < -0.3 is 4.90 Å². The van der Waals surface area contributed by atoms with E-state index >= 15 is 0 Å². The first-order valence-electron chi connectivity index (χ1n) is 11.8. The lowest BCUT2D eigenvalue weighted by molar-refractivity contribution is -0.123. The maximum Gasteiger partial charge on any atom is 0.141 e. The van der Waals surface area contributed by atoms with Gasteiger partial charge >= 0.3 is 0 Å². The zero-order chi connectivity index (χ0) is 21.9. The number of ketones is 1. The van der Waals surface area contributed by atoms with Crippen LogP contribution in [0.5, 0.6) is 0 Å². The van der Waals surface area contributed by atoms with Crippen LogP contribution >= 0.6 is 0 Å². The van der Waals surface area contributed by atoms with Crippen LogP contribution in [0.1, 0.15) is 31.4 Å². The van der Waals surface area contributed by atoms with E-state index < -0.39 is 0 Å². The molecule has 0 bridgehead atoms. The lowest BCUT2D eigenvalue weighted by atomic mass is 9.81. The van der Waals surface area contributed by atoms with Crippen molar-refractivity contribution < 1.29 is 4.79 Å². The summed E-state index contributed by atoms with van der Waals surface area (Å²) in [6.45, 7) is 4.64. The predicted molar refractivity (Wildman–Crippen MR) is 126 cm³/mol. The number of hydrogen-bond acceptors (Lipinski definition) is 6. The number of hydrogen-bond donors (Lipinski definition) is 0. The molecule has 3 heterocycles. The maximum absolute atomic E-state index is 13.0. The lowest BCUT2D eigenvalue weighted by Gasteiger charge is -2.40. The van der Waals surface area contributed by atoms with E-state index in [1.807, 2.05) is 12.3 Å². The van der Waals surface area contributed by atoms with Crippen molar-refractivity contribution >= 4 is 16.6 Å². The number of carbonyl (C=O) groups is 1. The van der Waals surface area contributed by atoms with Crippen molar-refractivity contribution in [3.63, 3.8) is 0 Å². The number of carbonyl (C=O) groups excluding carboxylic acids is 1. The topological polar surface area (TPSA) is 62.2 Å². The van der Waals surface area contributed by atoms with E-state index in [1.54, 1.807) is 18.6 Å². The summed E-state index contributed by atoms with van der Waals surface area (Å²) in [5.74, 6) is 0.529. The van der Waals surface area contributed by atoms with Gasteiger partial charge in [0.05, 0.1) is 11.9 Å². The van der Waals surface area contributed by atoms with Gasteiger partial charge in [-0.15, -0.1) is 0 Å². The summed E-state index contributed by atoms with van der Waals surface area (Å²) in [6.07, 6.45) is 11.8. The Hall–Kier alpha value is -2.70. The van der Waals surface area contributed by atoms with Crippen LogP contribution in [0.3, 0.4) is 0 Å². The van der Waals surface area contributed by atoms with Gasteiger partial charge in [-0.1, -0.05) is 12.1 Å². The van der Waals surface area contributed by atoms with E-state index in [2.05, 4.69) is 50.0 Å². The van der Waals surface area contributed by atoms with E-state index in [1.165, 1.54) is 0 Å². The zero-order valence-electron chi connectivity index (χ0n) is 18.8. The number of benzene rings is 1. The summed E-state index contributed by atoms with van der Waals surface area (Å²) >= 11 is 0. The molecule has 0 radical (unpaired) electrons. The number of likely N-dealkylation sites (N-methyl/N-ethyl adjacent to an activating group) is 1. The maximum atomic E-state index is 13.0. The van der Waals surface area contributed by atoms with Crippen LogP contribution < -0.4 is 0 Å². The van der Waals surface area contributed by atoms with E-state index in [0.29, 0.717) is 18.2 Å². The molecule has 32 heavy (non-hydrogen) atoms. The molecule has 6 nitrogen and oxygen atoms in total. The summed E-state index contributed by atoms with van der Waals surface area (Å²) in [5.41, 5.74) is 2.73. The number of nitrogens with zero attached hydrogens (tertiary/aromatic N) is 5. The van der Waals surface area contributed by atoms with E-state index in [-0.39, 0.29) is 5.92 Å². The monoisotopic (exact) mass is 429 g/mol. The molecule has 2 aliphatic rings. The Labute approximate surface area is 189 Å². The highest BCUT2D eigenvalue weighted by molar-refractivity contribution is 5.88. The third-order valence-corrected chi connectivity index (χ3v) is 7.20. The third kappa shape index (κ3) is 4.71. The smallest absolute Gasteiger partial charge is 0.141 e. The molecule has 0 atom stereocenters. The van der Waals surface area contributed by atoms with E-state index in [0.717, 1.165) is 79.6 Å². The number of fused-ring (bicyclic) bond motifs is 1. The van der Waals surface area contributed by atoms with Crippen molar-refractivity contribution in [3.05, 3.63) is 54.7 Å². The molecule has 6 heteroatoms. The minimum absolute atomic E-state index is 0.183. The van der Waals surface area contributed by atoms with Crippen molar-refractivity contribution in [3.8, 4) is 11.3 Å². The molecule has 0 N–H and O–H groups in total. The first kappa shape index (κ1) is 21.2. The number of piperazine rings is 1. The molecule has 1 saturated heterocycles. The summed E-state index contributed by atoms with van der Waals surface area (Å²) in [7, 11) is 2.20. The van der Waals surface area contributed by atoms with E-state index in [4.69, 9.17) is 0 Å². The van der Waals surface area contributed by atoms with Gasteiger partial charge in [0.2, 0.25) is 0 Å². The van der Waals surface area contributed by atoms with Gasteiger partial charge in [-0.05, 0) is 50.2 Å². The molecule has 3 aromatic rings. The molecule has 0 amide bonds. The Morgan fingerprint density at radius 1 is 0.938 bits per heavy atom. The van der Waals surface area contributed by atoms with Crippen LogP contribution in [-0.4, -0.2) is 69.8 Å². The fourth-order valence-corrected chi connectivity index (χ4v) is 5.16. The molecule has 5 rings (SSSR count). The van der Waals surface area contributed by atoms with Crippen LogP contribution in [0.2, 0.25) is 0 Å². The SMILES string of the molecule is CN1CCN(C2CCC(C(=O)Cc3cc4cc(-c5cnccn5)ccc4cn3)CC2)CC1. The molecule has 2 aromatic heterocycles. The summed E-state index contributed by atoms with van der Waals surface area (Å²) < 4.78 is 0. The Morgan fingerprint density at radius 3 is 2.50 bits per heavy atom. The van der Waals surface area contributed by atoms with Crippen LogP contribution in [0, 0.1) is 5.92 Å². The number of Topliss-reactive ketones (excluding diaryl/α,β-unsaturated/α-hetero) is 1. The fourth-order valence-electron chi connectivity index (χ4n) is 5.16. The van der Waals surface area contributed by atoms with Crippen LogP contribution in [0.25, 0.3) is 22.0 Å². The molecular weight excluding hydrogens is 398 g/mol.